The highest BCUT2D eigenvalue weighted by Crippen LogP contribution is 2.44. The summed E-state index contributed by atoms with van der Waals surface area (Å²) in [7, 11) is 0. The highest BCUT2D eigenvalue weighted by atomic mass is 79.9. The topological polar surface area (TPSA) is 67.0 Å². The SMILES string of the molecule is CC(C)(C)OC(=O)NC1(c2nc3ccc(Br)cc3[nH]2)CC1. The number of nitrogens with zero attached hydrogens (tertiary/aromatic N) is 1. The van der Waals surface area contributed by atoms with Crippen molar-refractivity contribution in [2.75, 3.05) is 0 Å². The second kappa shape index (κ2) is 4.73. The summed E-state index contributed by atoms with van der Waals surface area (Å²) in [4.78, 5) is 19.9. The third-order valence-corrected chi connectivity index (χ3v) is 3.88. The van der Waals surface area contributed by atoms with Gasteiger partial charge in [0.1, 0.15) is 17.0 Å². The fourth-order valence-electron chi connectivity index (χ4n) is 2.25. The van der Waals surface area contributed by atoms with Crippen LogP contribution in [0.25, 0.3) is 11.0 Å². The first-order valence-electron chi connectivity index (χ1n) is 6.94. The van der Waals surface area contributed by atoms with E-state index in [-0.39, 0.29) is 0 Å². The number of hydrogen-bond donors (Lipinski definition) is 2. The molecule has 1 amide bonds. The molecule has 0 aliphatic heterocycles. The van der Waals surface area contributed by atoms with Crippen molar-refractivity contribution in [1.29, 1.82) is 0 Å². The minimum atomic E-state index is -0.501. The van der Waals surface area contributed by atoms with E-state index in [9.17, 15) is 4.79 Å². The van der Waals surface area contributed by atoms with E-state index in [2.05, 4.69) is 31.2 Å². The molecule has 2 N–H and O–H groups in total. The molecule has 2 aromatic rings. The maximum atomic E-state index is 12.0. The van der Waals surface area contributed by atoms with Gasteiger partial charge in [-0.2, -0.15) is 0 Å². The molecule has 5 nitrogen and oxygen atoms in total. The lowest BCUT2D eigenvalue weighted by Gasteiger charge is -2.22. The number of ether oxygens (including phenoxy) is 1. The summed E-state index contributed by atoms with van der Waals surface area (Å²) >= 11 is 3.44. The highest BCUT2D eigenvalue weighted by Gasteiger charge is 2.49. The molecule has 1 aliphatic rings. The largest absolute Gasteiger partial charge is 0.444 e. The maximum Gasteiger partial charge on any atom is 0.408 e. The number of H-pyrrole nitrogens is 1. The Labute approximate surface area is 131 Å². The molecular formula is C15H18BrN3O2. The Morgan fingerprint density at radius 3 is 2.76 bits per heavy atom. The van der Waals surface area contributed by atoms with E-state index in [0.29, 0.717) is 0 Å². The van der Waals surface area contributed by atoms with Crippen LogP contribution in [0.15, 0.2) is 22.7 Å². The Morgan fingerprint density at radius 1 is 1.43 bits per heavy atom. The number of halogens is 1. The van der Waals surface area contributed by atoms with E-state index in [4.69, 9.17) is 4.74 Å². The van der Waals surface area contributed by atoms with Crippen LogP contribution in [0.1, 0.15) is 39.4 Å². The lowest BCUT2D eigenvalue weighted by molar-refractivity contribution is 0.0492. The number of carbonyl (C=O) groups excluding carboxylic acids is 1. The number of carbonyl (C=O) groups is 1. The van der Waals surface area contributed by atoms with Gasteiger partial charge in [-0.25, -0.2) is 9.78 Å². The van der Waals surface area contributed by atoms with Crippen molar-refractivity contribution in [2.45, 2.75) is 44.8 Å². The van der Waals surface area contributed by atoms with Gasteiger partial charge >= 0.3 is 6.09 Å². The number of benzene rings is 1. The Bertz CT molecular complexity index is 698. The van der Waals surface area contributed by atoms with E-state index >= 15 is 0 Å². The number of hydrogen-bond acceptors (Lipinski definition) is 3. The zero-order chi connectivity index (χ0) is 15.3. The van der Waals surface area contributed by atoms with Crippen molar-refractivity contribution in [3.8, 4) is 0 Å². The van der Waals surface area contributed by atoms with Crippen LogP contribution in [-0.2, 0) is 10.3 Å². The molecule has 6 heteroatoms. The van der Waals surface area contributed by atoms with Gasteiger partial charge in [-0.1, -0.05) is 15.9 Å². The molecule has 1 aliphatic carbocycles. The average molecular weight is 352 g/mol. The number of alkyl carbamates (subject to hydrolysis) is 1. The number of amides is 1. The molecule has 0 radical (unpaired) electrons. The van der Waals surface area contributed by atoms with Crippen LogP contribution in [-0.4, -0.2) is 21.7 Å². The third kappa shape index (κ3) is 3.05. The van der Waals surface area contributed by atoms with Crippen LogP contribution in [0, 0.1) is 0 Å². The van der Waals surface area contributed by atoms with Crippen molar-refractivity contribution in [3.05, 3.63) is 28.5 Å². The van der Waals surface area contributed by atoms with Gasteiger partial charge in [-0.05, 0) is 51.8 Å². The van der Waals surface area contributed by atoms with Gasteiger partial charge in [0.15, 0.2) is 0 Å². The van der Waals surface area contributed by atoms with Gasteiger partial charge in [-0.3, -0.25) is 0 Å². The molecule has 1 heterocycles. The Hall–Kier alpha value is -1.56. The van der Waals surface area contributed by atoms with Crippen molar-refractivity contribution in [1.82, 2.24) is 15.3 Å². The summed E-state index contributed by atoms with van der Waals surface area (Å²) in [6.07, 6.45) is 1.34. The first-order chi connectivity index (χ1) is 9.77. The van der Waals surface area contributed by atoms with Crippen LogP contribution in [0.3, 0.4) is 0 Å². The maximum absolute atomic E-state index is 12.0. The van der Waals surface area contributed by atoms with Crippen molar-refractivity contribution < 1.29 is 9.53 Å². The molecule has 0 unspecified atom stereocenters. The summed E-state index contributed by atoms with van der Waals surface area (Å²) in [6.45, 7) is 5.56. The second-order valence-corrected chi connectivity index (χ2v) is 7.37. The number of imidazole rings is 1. The lowest BCUT2D eigenvalue weighted by atomic mass is 10.2. The Kier molecular flexibility index (Phi) is 3.24. The number of aromatic nitrogens is 2. The van der Waals surface area contributed by atoms with Gasteiger partial charge in [-0.15, -0.1) is 0 Å². The molecule has 0 bridgehead atoms. The predicted octanol–water partition coefficient (Wildman–Crippen LogP) is 3.84. The van der Waals surface area contributed by atoms with E-state index in [1.54, 1.807) is 0 Å². The minimum absolute atomic E-state index is 0.401. The van der Waals surface area contributed by atoms with Gasteiger partial charge in [0.2, 0.25) is 0 Å². The third-order valence-electron chi connectivity index (χ3n) is 3.39. The summed E-state index contributed by atoms with van der Waals surface area (Å²) < 4.78 is 6.32. The molecule has 1 aromatic carbocycles. The van der Waals surface area contributed by atoms with Gasteiger partial charge in [0, 0.05) is 4.47 Å². The monoisotopic (exact) mass is 351 g/mol. The first-order valence-corrected chi connectivity index (χ1v) is 7.74. The van der Waals surface area contributed by atoms with Crippen molar-refractivity contribution in [2.24, 2.45) is 0 Å². The van der Waals surface area contributed by atoms with Gasteiger partial charge in [0.05, 0.1) is 11.0 Å². The lowest BCUT2D eigenvalue weighted by Crippen LogP contribution is -2.39. The molecule has 112 valence electrons. The molecule has 3 rings (SSSR count). The molecule has 21 heavy (non-hydrogen) atoms. The summed E-state index contributed by atoms with van der Waals surface area (Å²) in [6, 6.07) is 5.88. The molecule has 0 saturated heterocycles. The summed E-state index contributed by atoms with van der Waals surface area (Å²) in [5.74, 6) is 0.793. The van der Waals surface area contributed by atoms with Crippen LogP contribution >= 0.6 is 15.9 Å². The van der Waals surface area contributed by atoms with Crippen molar-refractivity contribution in [3.63, 3.8) is 0 Å². The summed E-state index contributed by atoms with van der Waals surface area (Å²) in [5.41, 5.74) is 0.939. The molecule has 1 fully saturated rings. The predicted molar refractivity (Wildman–Crippen MR) is 84.1 cm³/mol. The highest BCUT2D eigenvalue weighted by molar-refractivity contribution is 9.10. The quantitative estimate of drug-likeness (QED) is 0.863. The Balaban J connectivity index is 1.82. The van der Waals surface area contributed by atoms with Crippen LogP contribution in [0.5, 0.6) is 0 Å². The fourth-order valence-corrected chi connectivity index (χ4v) is 2.61. The van der Waals surface area contributed by atoms with Crippen LogP contribution in [0.2, 0.25) is 0 Å². The molecular weight excluding hydrogens is 334 g/mol. The Morgan fingerprint density at radius 2 is 2.14 bits per heavy atom. The standard InChI is InChI=1S/C15H18BrN3O2/c1-14(2,3)21-13(20)19-15(6-7-15)12-17-10-5-4-9(16)8-11(10)18-12/h4-5,8H,6-7H2,1-3H3,(H,17,18)(H,19,20). The van der Waals surface area contributed by atoms with Gasteiger partial charge < -0.3 is 15.0 Å². The normalized spacial score (nSPS) is 16.8. The smallest absolute Gasteiger partial charge is 0.408 e. The van der Waals surface area contributed by atoms with E-state index < -0.39 is 17.2 Å². The zero-order valence-corrected chi connectivity index (χ0v) is 13.9. The van der Waals surface area contributed by atoms with Crippen LogP contribution in [0.4, 0.5) is 4.79 Å². The molecule has 0 atom stereocenters. The van der Waals surface area contributed by atoms with Crippen LogP contribution < -0.4 is 5.32 Å². The summed E-state index contributed by atoms with van der Waals surface area (Å²) in [5, 5.41) is 2.95. The number of rotatable bonds is 2. The van der Waals surface area contributed by atoms with E-state index in [0.717, 1.165) is 34.2 Å². The first kappa shape index (κ1) is 14.4. The van der Waals surface area contributed by atoms with E-state index in [1.165, 1.54) is 0 Å². The van der Waals surface area contributed by atoms with Gasteiger partial charge in [0.25, 0.3) is 0 Å². The average Bonchev–Trinajstić information content (AvgIpc) is 2.98. The number of fused-ring (bicyclic) bond motifs is 1. The molecule has 0 spiro atoms. The molecule has 1 aromatic heterocycles. The minimum Gasteiger partial charge on any atom is -0.444 e. The number of nitrogens with one attached hydrogen (secondary N) is 2. The van der Waals surface area contributed by atoms with E-state index in [1.807, 2.05) is 39.0 Å². The van der Waals surface area contributed by atoms with Crippen molar-refractivity contribution >= 4 is 33.1 Å². The zero-order valence-electron chi connectivity index (χ0n) is 12.3. The second-order valence-electron chi connectivity index (χ2n) is 6.46. The fraction of sp³-hybridized carbons (Fsp3) is 0.467. The molecule has 1 saturated carbocycles. The number of aromatic amines is 1.